The minimum atomic E-state index is -1.83. The van der Waals surface area contributed by atoms with Gasteiger partial charge >= 0.3 is 0 Å². The van der Waals surface area contributed by atoms with Crippen LogP contribution in [0.3, 0.4) is 0 Å². The average molecular weight is 265 g/mol. The Hall–Kier alpha value is 0.790. The topological polar surface area (TPSA) is 40.5 Å². The lowest BCUT2D eigenvalue weighted by molar-refractivity contribution is -0.247. The van der Waals surface area contributed by atoms with E-state index in [1.165, 1.54) is 0 Å². The van der Waals surface area contributed by atoms with Crippen molar-refractivity contribution in [2.45, 2.75) is 44.2 Å². The highest BCUT2D eigenvalue weighted by molar-refractivity contribution is 6.63. The average Bonchev–Trinajstić information content (AvgIpc) is 1.98. The van der Waals surface area contributed by atoms with Crippen molar-refractivity contribution in [1.82, 2.24) is 0 Å². The van der Waals surface area contributed by atoms with Crippen LogP contribution in [-0.2, 0) is 0 Å². The van der Waals surface area contributed by atoms with E-state index in [9.17, 15) is 10.2 Å². The molecular weight excluding hydrogens is 246 g/mol. The van der Waals surface area contributed by atoms with Gasteiger partial charge in [0.15, 0.2) is 4.27 Å². The molecule has 0 aromatic rings. The minimum Gasteiger partial charge on any atom is -0.392 e. The van der Waals surface area contributed by atoms with Crippen LogP contribution in [0.1, 0.15) is 29.1 Å². The van der Waals surface area contributed by atoms with Crippen molar-refractivity contribution in [2.75, 3.05) is 0 Å². The molecule has 5 heteroatoms. The maximum atomic E-state index is 9.51. The van der Waals surface area contributed by atoms with Crippen molar-refractivity contribution < 1.29 is 11.6 Å². The first-order chi connectivity index (χ1) is 6.31. The molecule has 0 bridgehead atoms. The Kier molecular flexibility index (Phi) is 4.36. The molecule has 0 aromatic carbocycles. The quantitative estimate of drug-likeness (QED) is 0.661. The van der Waals surface area contributed by atoms with Crippen LogP contribution < -0.4 is 0 Å². The molecule has 1 saturated carbocycles. The molecule has 2 nitrogen and oxygen atoms in total. The lowest BCUT2D eigenvalue weighted by atomic mass is 9.51. The van der Waals surface area contributed by atoms with Crippen molar-refractivity contribution in [3.8, 4) is 0 Å². The zero-order valence-electron chi connectivity index (χ0n) is 9.68. The number of rotatable bonds is 0. The summed E-state index contributed by atoms with van der Waals surface area (Å²) in [4.78, 5) is 0. The maximum Gasteiger partial charge on any atom is 0.180 e. The molecule has 86 valence electrons. The molecule has 0 heterocycles. The van der Waals surface area contributed by atoms with Gasteiger partial charge in [-0.3, -0.25) is 0 Å². The van der Waals surface area contributed by atoms with Gasteiger partial charge in [0.2, 0.25) is 0 Å². The van der Waals surface area contributed by atoms with E-state index in [2.05, 4.69) is 0 Å². The Morgan fingerprint density at radius 3 is 1.21 bits per heavy atom. The zero-order chi connectivity index (χ0) is 12.7. The first kappa shape index (κ1) is 12.9. The molecular formula is C9H17Cl3O2. The van der Waals surface area contributed by atoms with Crippen LogP contribution in [0.4, 0.5) is 0 Å². The lowest BCUT2D eigenvalue weighted by Crippen LogP contribution is -2.67. The van der Waals surface area contributed by atoms with Gasteiger partial charge in [-0.15, -0.1) is 0 Å². The highest BCUT2D eigenvalue weighted by Gasteiger charge is 2.60. The maximum absolute atomic E-state index is 9.51. The Balaban J connectivity index is 0.000000336. The largest absolute Gasteiger partial charge is 0.392 e. The van der Waals surface area contributed by atoms with E-state index in [1.807, 2.05) is 27.7 Å². The van der Waals surface area contributed by atoms with Gasteiger partial charge < -0.3 is 10.2 Å². The predicted octanol–water partition coefficient (Wildman–Crippen LogP) is 2.76. The van der Waals surface area contributed by atoms with Crippen molar-refractivity contribution in [2.24, 2.45) is 10.8 Å². The van der Waals surface area contributed by atoms with Crippen LogP contribution in [0.5, 0.6) is 0 Å². The van der Waals surface area contributed by atoms with Crippen LogP contribution in [0, 0.1) is 10.8 Å². The summed E-state index contributed by atoms with van der Waals surface area (Å²) in [5.74, 6) is 0. The molecule has 2 N–H and O–H groups in total. The standard InChI is InChI=1S/C8H16O2.CHCl3/c1-7(2)5(9)8(3,4)6(7)10;2-1(3)4/h5-6,9-10H,1-4H3;1H/i;1D. The van der Waals surface area contributed by atoms with Crippen LogP contribution in [0.15, 0.2) is 0 Å². The summed E-state index contributed by atoms with van der Waals surface area (Å²) in [6.07, 6.45) is -0.759. The second-order valence-electron chi connectivity index (χ2n) is 4.66. The van der Waals surface area contributed by atoms with E-state index >= 15 is 0 Å². The predicted molar refractivity (Wildman–Crippen MR) is 60.9 cm³/mol. The van der Waals surface area contributed by atoms with Gasteiger partial charge in [0, 0.05) is 10.8 Å². The first-order valence-electron chi connectivity index (χ1n) is 4.74. The third kappa shape index (κ3) is 2.89. The fourth-order valence-electron chi connectivity index (χ4n) is 2.12. The second kappa shape index (κ2) is 4.75. The van der Waals surface area contributed by atoms with Crippen LogP contribution >= 0.6 is 34.8 Å². The van der Waals surface area contributed by atoms with Crippen LogP contribution in [0.2, 0.25) is 0 Å². The van der Waals surface area contributed by atoms with E-state index in [4.69, 9.17) is 36.2 Å². The number of aliphatic hydroxyl groups is 2. The number of alkyl halides is 3. The summed E-state index contributed by atoms with van der Waals surface area (Å²) in [7, 11) is 0. The molecule has 0 aliphatic heterocycles. The molecule has 0 unspecified atom stereocenters. The fourth-order valence-corrected chi connectivity index (χ4v) is 2.12. The normalized spacial score (nSPS) is 34.8. The molecule has 1 rings (SSSR count). The molecule has 0 atom stereocenters. The summed E-state index contributed by atoms with van der Waals surface area (Å²) >= 11 is 14.2. The summed E-state index contributed by atoms with van der Waals surface area (Å²) in [6, 6.07) is 0. The van der Waals surface area contributed by atoms with Crippen LogP contribution in [0.25, 0.3) is 0 Å². The van der Waals surface area contributed by atoms with Crippen molar-refractivity contribution in [3.63, 3.8) is 0 Å². The SMILES string of the molecule is CC1(C)C(O)C(C)(C)C1O.[2H]C(Cl)(Cl)Cl. The summed E-state index contributed by atoms with van der Waals surface area (Å²) in [6.45, 7) is 7.53. The monoisotopic (exact) mass is 263 g/mol. The third-order valence-corrected chi connectivity index (χ3v) is 2.82. The van der Waals surface area contributed by atoms with Gasteiger partial charge in [0.1, 0.15) is 0 Å². The number of hydrogen-bond donors (Lipinski definition) is 2. The minimum absolute atomic E-state index is 0.316. The molecule has 14 heavy (non-hydrogen) atoms. The van der Waals surface area contributed by atoms with E-state index in [1.54, 1.807) is 0 Å². The van der Waals surface area contributed by atoms with E-state index in [0.717, 1.165) is 0 Å². The van der Waals surface area contributed by atoms with E-state index in [0.29, 0.717) is 0 Å². The molecule has 0 saturated heterocycles. The first-order valence-corrected chi connectivity index (χ1v) is 5.37. The number of halogens is 3. The van der Waals surface area contributed by atoms with Crippen LogP contribution in [-0.4, -0.2) is 26.7 Å². The van der Waals surface area contributed by atoms with Gasteiger partial charge in [-0.25, -0.2) is 0 Å². The lowest BCUT2D eigenvalue weighted by Gasteiger charge is -2.59. The summed E-state index contributed by atoms with van der Waals surface area (Å²) in [5.41, 5.74) is -0.632. The highest BCUT2D eigenvalue weighted by atomic mass is 35.6. The second-order valence-corrected chi connectivity index (χ2v) is 6.38. The smallest absolute Gasteiger partial charge is 0.180 e. The molecule has 1 aliphatic rings. The number of hydrogen-bond acceptors (Lipinski definition) is 2. The number of aliphatic hydroxyl groups excluding tert-OH is 2. The van der Waals surface area contributed by atoms with Crippen molar-refractivity contribution >= 4 is 34.8 Å². The molecule has 1 aliphatic carbocycles. The van der Waals surface area contributed by atoms with E-state index < -0.39 is 4.27 Å². The fraction of sp³-hybridized carbons (Fsp3) is 1.00. The molecule has 0 radical (unpaired) electrons. The molecule has 0 spiro atoms. The Morgan fingerprint density at radius 1 is 1.00 bits per heavy atom. The third-order valence-electron chi connectivity index (χ3n) is 2.82. The van der Waals surface area contributed by atoms with Gasteiger partial charge in [-0.1, -0.05) is 62.5 Å². The summed E-state index contributed by atoms with van der Waals surface area (Å²) < 4.78 is 4.40. The van der Waals surface area contributed by atoms with Crippen molar-refractivity contribution in [3.05, 3.63) is 0 Å². The summed E-state index contributed by atoms with van der Waals surface area (Å²) in [5, 5.41) is 19.0. The Labute approximate surface area is 102 Å². The van der Waals surface area contributed by atoms with Crippen molar-refractivity contribution in [1.29, 1.82) is 0 Å². The van der Waals surface area contributed by atoms with Gasteiger partial charge in [-0.2, -0.15) is 0 Å². The van der Waals surface area contributed by atoms with E-state index in [-0.39, 0.29) is 23.0 Å². The van der Waals surface area contributed by atoms with Gasteiger partial charge in [-0.05, 0) is 0 Å². The molecule has 0 amide bonds. The molecule has 1 fully saturated rings. The zero-order valence-corrected chi connectivity index (χ0v) is 11.0. The highest BCUT2D eigenvalue weighted by Crippen LogP contribution is 2.53. The molecule has 0 aromatic heterocycles. The Bertz CT molecular complexity index is 190. The Morgan fingerprint density at radius 2 is 1.14 bits per heavy atom. The van der Waals surface area contributed by atoms with Gasteiger partial charge in [0.25, 0.3) is 0 Å². The van der Waals surface area contributed by atoms with Gasteiger partial charge in [0.05, 0.1) is 13.6 Å².